The van der Waals surface area contributed by atoms with Crippen LogP contribution in [0.3, 0.4) is 0 Å². The molecule has 0 bridgehead atoms. The van der Waals surface area contributed by atoms with E-state index in [1.54, 1.807) is 13.2 Å². The average Bonchev–Trinajstić information content (AvgIpc) is 2.63. The van der Waals surface area contributed by atoms with Crippen molar-refractivity contribution in [3.8, 4) is 11.5 Å². The minimum atomic E-state index is -0.589. The van der Waals surface area contributed by atoms with Gasteiger partial charge in [0.05, 0.1) is 11.9 Å². The summed E-state index contributed by atoms with van der Waals surface area (Å²) in [6.45, 7) is 0. The molecule has 0 unspecified atom stereocenters. The molecule has 2 aromatic rings. The molecule has 1 heterocycles. The van der Waals surface area contributed by atoms with E-state index in [1.807, 2.05) is 0 Å². The largest absolute Gasteiger partial charge is 0.507 e. The fraction of sp³-hybridized carbons (Fsp3) is 0.0909. The highest BCUT2D eigenvalue weighted by atomic mass is 16.3. The van der Waals surface area contributed by atoms with Gasteiger partial charge in [0.25, 0.3) is 5.91 Å². The Labute approximate surface area is 97.1 Å². The van der Waals surface area contributed by atoms with Crippen molar-refractivity contribution in [1.82, 2.24) is 9.78 Å². The number of phenolic OH excluding ortho intramolecular Hbond substituents is 2. The summed E-state index contributed by atoms with van der Waals surface area (Å²) in [5.41, 5.74) is 0.330. The Bertz CT molecular complexity index is 543. The highest BCUT2D eigenvalue weighted by Gasteiger charge is 2.16. The molecule has 17 heavy (non-hydrogen) atoms. The molecule has 1 amide bonds. The van der Waals surface area contributed by atoms with Crippen molar-refractivity contribution in [2.45, 2.75) is 0 Å². The Morgan fingerprint density at radius 2 is 2.00 bits per heavy atom. The van der Waals surface area contributed by atoms with Gasteiger partial charge in [-0.25, -0.2) is 0 Å². The quantitative estimate of drug-likeness (QED) is 0.724. The minimum absolute atomic E-state index is 0.156. The molecule has 0 atom stereocenters. The lowest BCUT2D eigenvalue weighted by Gasteiger charge is -2.06. The fourth-order valence-electron chi connectivity index (χ4n) is 1.44. The predicted octanol–water partition coefficient (Wildman–Crippen LogP) is 1.08. The molecular weight excluding hydrogens is 222 g/mol. The van der Waals surface area contributed by atoms with E-state index in [-0.39, 0.29) is 17.1 Å². The van der Waals surface area contributed by atoms with Crippen LogP contribution in [0, 0.1) is 0 Å². The highest BCUT2D eigenvalue weighted by Crippen LogP contribution is 2.26. The number of rotatable bonds is 2. The maximum atomic E-state index is 11.8. The van der Waals surface area contributed by atoms with Crippen LogP contribution in [0.25, 0.3) is 0 Å². The smallest absolute Gasteiger partial charge is 0.263 e. The van der Waals surface area contributed by atoms with Gasteiger partial charge in [0.1, 0.15) is 17.1 Å². The normalized spacial score (nSPS) is 10.2. The monoisotopic (exact) mass is 233 g/mol. The molecule has 0 aliphatic rings. The second-order valence-corrected chi connectivity index (χ2v) is 3.53. The van der Waals surface area contributed by atoms with E-state index in [4.69, 9.17) is 0 Å². The van der Waals surface area contributed by atoms with E-state index in [0.29, 0.717) is 5.69 Å². The summed E-state index contributed by atoms with van der Waals surface area (Å²) in [7, 11) is 1.72. The Balaban J connectivity index is 2.26. The summed E-state index contributed by atoms with van der Waals surface area (Å²) in [5, 5.41) is 25.4. The number of carbonyl (C=O) groups excluding carboxylic acids is 1. The number of anilines is 1. The third kappa shape index (κ3) is 2.20. The number of phenols is 2. The van der Waals surface area contributed by atoms with Gasteiger partial charge in [0.2, 0.25) is 0 Å². The SMILES string of the molecule is Cn1cc(NC(=O)c2c(O)cccc2O)cn1. The van der Waals surface area contributed by atoms with Crippen LogP contribution in [0.5, 0.6) is 11.5 Å². The maximum absolute atomic E-state index is 11.8. The van der Waals surface area contributed by atoms with E-state index >= 15 is 0 Å². The van der Waals surface area contributed by atoms with Gasteiger partial charge in [0, 0.05) is 13.2 Å². The summed E-state index contributed by atoms with van der Waals surface area (Å²) in [6, 6.07) is 4.11. The minimum Gasteiger partial charge on any atom is -0.507 e. The molecule has 2 rings (SSSR count). The fourth-order valence-corrected chi connectivity index (χ4v) is 1.44. The van der Waals surface area contributed by atoms with Crippen LogP contribution in [0.15, 0.2) is 30.6 Å². The molecule has 0 radical (unpaired) electrons. The lowest BCUT2D eigenvalue weighted by Crippen LogP contribution is -2.11. The van der Waals surface area contributed by atoms with Crippen molar-refractivity contribution >= 4 is 11.6 Å². The van der Waals surface area contributed by atoms with Gasteiger partial charge >= 0.3 is 0 Å². The number of amides is 1. The van der Waals surface area contributed by atoms with Crippen LogP contribution in [0.1, 0.15) is 10.4 Å². The Morgan fingerprint density at radius 3 is 2.53 bits per heavy atom. The van der Waals surface area contributed by atoms with E-state index in [0.717, 1.165) is 0 Å². The van der Waals surface area contributed by atoms with Gasteiger partial charge in [-0.1, -0.05) is 6.07 Å². The van der Waals surface area contributed by atoms with Crippen LogP contribution in [0.4, 0.5) is 5.69 Å². The number of carbonyl (C=O) groups is 1. The van der Waals surface area contributed by atoms with E-state index in [2.05, 4.69) is 10.4 Å². The summed E-state index contributed by atoms with van der Waals surface area (Å²) >= 11 is 0. The lowest BCUT2D eigenvalue weighted by molar-refractivity contribution is 0.102. The molecule has 0 saturated heterocycles. The van der Waals surface area contributed by atoms with Gasteiger partial charge in [-0.2, -0.15) is 5.10 Å². The molecule has 3 N–H and O–H groups in total. The summed E-state index contributed by atoms with van der Waals surface area (Å²) in [5.74, 6) is -1.13. The Morgan fingerprint density at radius 1 is 1.35 bits per heavy atom. The first kappa shape index (κ1) is 11.0. The van der Waals surface area contributed by atoms with Crippen molar-refractivity contribution < 1.29 is 15.0 Å². The van der Waals surface area contributed by atoms with Gasteiger partial charge in [-0.15, -0.1) is 0 Å². The molecule has 0 fully saturated rings. The van der Waals surface area contributed by atoms with Crippen LogP contribution in [0.2, 0.25) is 0 Å². The number of nitrogens with one attached hydrogen (secondary N) is 1. The second-order valence-electron chi connectivity index (χ2n) is 3.53. The molecule has 1 aromatic carbocycles. The van der Waals surface area contributed by atoms with E-state index in [1.165, 1.54) is 29.1 Å². The summed E-state index contributed by atoms with van der Waals surface area (Å²) in [6.07, 6.45) is 3.07. The van der Waals surface area contributed by atoms with E-state index in [9.17, 15) is 15.0 Å². The summed E-state index contributed by atoms with van der Waals surface area (Å²) in [4.78, 5) is 11.8. The number of aromatic nitrogens is 2. The third-order valence-corrected chi connectivity index (χ3v) is 2.21. The zero-order valence-corrected chi connectivity index (χ0v) is 9.08. The molecule has 0 saturated carbocycles. The molecule has 6 nitrogen and oxygen atoms in total. The van der Waals surface area contributed by atoms with Gasteiger partial charge in [-0.05, 0) is 12.1 Å². The Hall–Kier alpha value is -2.50. The number of nitrogens with zero attached hydrogens (tertiary/aromatic N) is 2. The number of hydrogen-bond donors (Lipinski definition) is 3. The van der Waals surface area contributed by atoms with Gasteiger partial charge in [0.15, 0.2) is 0 Å². The Kier molecular flexibility index (Phi) is 2.70. The number of benzene rings is 1. The van der Waals surface area contributed by atoms with Crippen LogP contribution < -0.4 is 5.32 Å². The zero-order valence-electron chi connectivity index (χ0n) is 9.08. The second kappa shape index (κ2) is 4.17. The lowest BCUT2D eigenvalue weighted by atomic mass is 10.1. The predicted molar refractivity (Wildman–Crippen MR) is 60.9 cm³/mol. The van der Waals surface area contributed by atoms with E-state index < -0.39 is 5.91 Å². The number of hydrogen-bond acceptors (Lipinski definition) is 4. The van der Waals surface area contributed by atoms with Crippen LogP contribution >= 0.6 is 0 Å². The third-order valence-electron chi connectivity index (χ3n) is 2.21. The van der Waals surface area contributed by atoms with Crippen molar-refractivity contribution in [1.29, 1.82) is 0 Å². The first-order chi connectivity index (χ1) is 8.08. The number of aryl methyl sites for hydroxylation is 1. The van der Waals surface area contributed by atoms with Crippen molar-refractivity contribution in [3.63, 3.8) is 0 Å². The van der Waals surface area contributed by atoms with Crippen molar-refractivity contribution in [2.24, 2.45) is 7.05 Å². The molecular formula is C11H11N3O3. The van der Waals surface area contributed by atoms with Gasteiger partial charge in [-0.3, -0.25) is 9.48 Å². The molecule has 0 aliphatic heterocycles. The highest BCUT2D eigenvalue weighted by molar-refractivity contribution is 6.07. The maximum Gasteiger partial charge on any atom is 0.263 e. The van der Waals surface area contributed by atoms with Crippen molar-refractivity contribution in [3.05, 3.63) is 36.2 Å². The molecule has 88 valence electrons. The molecule has 0 aliphatic carbocycles. The average molecular weight is 233 g/mol. The van der Waals surface area contributed by atoms with Gasteiger partial charge < -0.3 is 15.5 Å². The first-order valence-electron chi connectivity index (χ1n) is 4.89. The first-order valence-corrected chi connectivity index (χ1v) is 4.89. The van der Waals surface area contributed by atoms with Crippen LogP contribution in [-0.2, 0) is 7.05 Å². The molecule has 0 spiro atoms. The standard InChI is InChI=1S/C11H11N3O3/c1-14-6-7(5-12-14)13-11(17)10-8(15)3-2-4-9(10)16/h2-6,15-16H,1H3,(H,13,17). The molecule has 6 heteroatoms. The van der Waals surface area contributed by atoms with Crippen molar-refractivity contribution in [2.75, 3.05) is 5.32 Å². The summed E-state index contributed by atoms with van der Waals surface area (Å²) < 4.78 is 1.53. The zero-order chi connectivity index (χ0) is 12.4. The molecule has 1 aromatic heterocycles. The van der Waals surface area contributed by atoms with Crippen LogP contribution in [-0.4, -0.2) is 25.9 Å². The number of aromatic hydroxyl groups is 2. The topological polar surface area (TPSA) is 87.4 Å².